The van der Waals surface area contributed by atoms with E-state index in [1.807, 2.05) is 18.7 Å². The number of nitrogens with zero attached hydrogens (tertiary/aromatic N) is 3. The SMILES string of the molecule is CCN1CC2(CCN(C(=O)C(C)CN3CCCC3)CC2)OC1=O. The first-order valence-corrected chi connectivity index (χ1v) is 9.02. The summed E-state index contributed by atoms with van der Waals surface area (Å²) in [6.07, 6.45) is 3.84. The smallest absolute Gasteiger partial charge is 0.410 e. The fourth-order valence-corrected chi connectivity index (χ4v) is 4.07. The van der Waals surface area contributed by atoms with Crippen molar-refractivity contribution in [3.8, 4) is 0 Å². The lowest BCUT2D eigenvalue weighted by Crippen LogP contribution is -2.50. The number of hydrogen-bond acceptors (Lipinski definition) is 4. The Labute approximate surface area is 138 Å². The van der Waals surface area contributed by atoms with Crippen LogP contribution in [0.1, 0.15) is 39.5 Å². The second-order valence-corrected chi connectivity index (χ2v) is 7.30. The number of ether oxygens (including phenoxy) is 1. The van der Waals surface area contributed by atoms with E-state index in [1.165, 1.54) is 12.8 Å². The average Bonchev–Trinajstić information content (AvgIpc) is 3.15. The molecule has 1 spiro atoms. The summed E-state index contributed by atoms with van der Waals surface area (Å²) in [7, 11) is 0. The number of amides is 2. The van der Waals surface area contributed by atoms with E-state index in [-0.39, 0.29) is 23.5 Å². The van der Waals surface area contributed by atoms with Gasteiger partial charge in [0.15, 0.2) is 0 Å². The van der Waals surface area contributed by atoms with Crippen molar-refractivity contribution in [2.75, 3.05) is 45.8 Å². The summed E-state index contributed by atoms with van der Waals surface area (Å²) in [5, 5.41) is 0. The number of carbonyl (C=O) groups is 2. The molecule has 6 nitrogen and oxygen atoms in total. The third-order valence-corrected chi connectivity index (χ3v) is 5.56. The molecule has 6 heteroatoms. The van der Waals surface area contributed by atoms with Gasteiger partial charge in [-0.15, -0.1) is 0 Å². The van der Waals surface area contributed by atoms with Gasteiger partial charge >= 0.3 is 6.09 Å². The van der Waals surface area contributed by atoms with E-state index in [1.54, 1.807) is 4.90 Å². The lowest BCUT2D eigenvalue weighted by Gasteiger charge is -2.38. The van der Waals surface area contributed by atoms with Crippen LogP contribution >= 0.6 is 0 Å². The number of rotatable bonds is 4. The van der Waals surface area contributed by atoms with Crippen LogP contribution in [0.15, 0.2) is 0 Å². The highest BCUT2D eigenvalue weighted by Crippen LogP contribution is 2.33. The Morgan fingerprint density at radius 2 is 1.87 bits per heavy atom. The van der Waals surface area contributed by atoms with E-state index >= 15 is 0 Å². The number of likely N-dealkylation sites (tertiary alicyclic amines) is 2. The Balaban J connectivity index is 1.50. The van der Waals surface area contributed by atoms with Crippen molar-refractivity contribution in [1.29, 1.82) is 0 Å². The first kappa shape index (κ1) is 16.6. The van der Waals surface area contributed by atoms with Crippen LogP contribution in [0.25, 0.3) is 0 Å². The molecule has 23 heavy (non-hydrogen) atoms. The lowest BCUT2D eigenvalue weighted by atomic mass is 9.90. The van der Waals surface area contributed by atoms with Gasteiger partial charge in [0.25, 0.3) is 0 Å². The van der Waals surface area contributed by atoms with Crippen molar-refractivity contribution < 1.29 is 14.3 Å². The van der Waals surface area contributed by atoms with Gasteiger partial charge in [-0.3, -0.25) is 4.79 Å². The minimum atomic E-state index is -0.359. The molecular weight excluding hydrogens is 294 g/mol. The third kappa shape index (κ3) is 3.47. The Bertz CT molecular complexity index is 454. The van der Waals surface area contributed by atoms with E-state index in [9.17, 15) is 9.59 Å². The van der Waals surface area contributed by atoms with Crippen LogP contribution in [0.5, 0.6) is 0 Å². The Morgan fingerprint density at radius 3 is 2.43 bits per heavy atom. The lowest BCUT2D eigenvalue weighted by molar-refractivity contribution is -0.138. The first-order chi connectivity index (χ1) is 11.0. The van der Waals surface area contributed by atoms with Crippen molar-refractivity contribution in [3.05, 3.63) is 0 Å². The van der Waals surface area contributed by atoms with Crippen molar-refractivity contribution in [2.45, 2.75) is 45.1 Å². The van der Waals surface area contributed by atoms with Gasteiger partial charge in [-0.05, 0) is 32.9 Å². The van der Waals surface area contributed by atoms with Crippen LogP contribution in [0.3, 0.4) is 0 Å². The van der Waals surface area contributed by atoms with E-state index in [2.05, 4.69) is 4.90 Å². The fourth-order valence-electron chi connectivity index (χ4n) is 4.07. The van der Waals surface area contributed by atoms with Crippen molar-refractivity contribution in [2.24, 2.45) is 5.92 Å². The summed E-state index contributed by atoms with van der Waals surface area (Å²) in [6, 6.07) is 0. The van der Waals surface area contributed by atoms with Crippen molar-refractivity contribution >= 4 is 12.0 Å². The normalized spacial score (nSPS) is 25.9. The zero-order chi connectivity index (χ0) is 16.4. The molecule has 0 aliphatic carbocycles. The van der Waals surface area contributed by atoms with Crippen LogP contribution < -0.4 is 0 Å². The molecule has 3 heterocycles. The summed E-state index contributed by atoms with van der Waals surface area (Å²) in [5.41, 5.74) is -0.359. The molecule has 1 atom stereocenters. The monoisotopic (exact) mass is 323 g/mol. The third-order valence-electron chi connectivity index (χ3n) is 5.56. The van der Waals surface area contributed by atoms with E-state index < -0.39 is 0 Å². The van der Waals surface area contributed by atoms with Crippen molar-refractivity contribution in [3.63, 3.8) is 0 Å². The van der Waals surface area contributed by atoms with E-state index in [0.717, 1.165) is 32.5 Å². The number of carbonyl (C=O) groups excluding carboxylic acids is 2. The molecular formula is C17H29N3O3. The number of piperidine rings is 1. The van der Waals surface area contributed by atoms with Gasteiger partial charge in [0.2, 0.25) is 5.91 Å². The van der Waals surface area contributed by atoms with Crippen LogP contribution in [-0.4, -0.2) is 78.1 Å². The van der Waals surface area contributed by atoms with Crippen LogP contribution in [0.4, 0.5) is 4.79 Å². The molecule has 2 amide bonds. The maximum Gasteiger partial charge on any atom is 0.410 e. The predicted octanol–water partition coefficient (Wildman–Crippen LogP) is 1.55. The molecule has 0 aromatic carbocycles. The highest BCUT2D eigenvalue weighted by molar-refractivity contribution is 5.79. The van der Waals surface area contributed by atoms with Crippen LogP contribution in [0, 0.1) is 5.92 Å². The molecule has 0 aromatic rings. The molecule has 0 saturated carbocycles. The Hall–Kier alpha value is -1.30. The first-order valence-electron chi connectivity index (χ1n) is 9.02. The maximum atomic E-state index is 12.7. The number of hydrogen-bond donors (Lipinski definition) is 0. The molecule has 3 rings (SSSR count). The minimum absolute atomic E-state index is 0.0559. The summed E-state index contributed by atoms with van der Waals surface area (Å²) in [4.78, 5) is 30.6. The molecule has 3 aliphatic rings. The minimum Gasteiger partial charge on any atom is -0.441 e. The van der Waals surface area contributed by atoms with Gasteiger partial charge in [-0.25, -0.2) is 4.79 Å². The molecule has 3 fully saturated rings. The van der Waals surface area contributed by atoms with Gasteiger partial charge in [0, 0.05) is 44.9 Å². The second kappa shape index (κ2) is 6.67. The molecule has 0 radical (unpaired) electrons. The summed E-state index contributed by atoms with van der Waals surface area (Å²) < 4.78 is 5.63. The van der Waals surface area contributed by atoms with Crippen LogP contribution in [-0.2, 0) is 9.53 Å². The van der Waals surface area contributed by atoms with Crippen LogP contribution in [0.2, 0.25) is 0 Å². The maximum absolute atomic E-state index is 12.7. The summed E-state index contributed by atoms with van der Waals surface area (Å²) in [5.74, 6) is 0.309. The molecule has 3 saturated heterocycles. The molecule has 1 unspecified atom stereocenters. The quantitative estimate of drug-likeness (QED) is 0.788. The summed E-state index contributed by atoms with van der Waals surface area (Å²) >= 11 is 0. The summed E-state index contributed by atoms with van der Waals surface area (Å²) in [6.45, 7) is 9.91. The standard InChI is InChI=1S/C17H29N3O3/c1-3-19-13-17(23-16(19)22)6-10-20(11-7-17)15(21)14(2)12-18-8-4-5-9-18/h14H,3-13H2,1-2H3. The zero-order valence-corrected chi connectivity index (χ0v) is 14.4. The Kier molecular flexibility index (Phi) is 4.80. The van der Waals surface area contributed by atoms with Crippen molar-refractivity contribution in [1.82, 2.24) is 14.7 Å². The average molecular weight is 323 g/mol. The van der Waals surface area contributed by atoms with Gasteiger partial charge < -0.3 is 19.4 Å². The zero-order valence-electron chi connectivity index (χ0n) is 14.4. The molecule has 0 bridgehead atoms. The highest BCUT2D eigenvalue weighted by Gasteiger charge is 2.47. The number of likely N-dealkylation sites (N-methyl/N-ethyl adjacent to an activating group) is 1. The highest BCUT2D eigenvalue weighted by atomic mass is 16.6. The molecule has 130 valence electrons. The van der Waals surface area contributed by atoms with E-state index in [0.29, 0.717) is 26.2 Å². The van der Waals surface area contributed by atoms with Gasteiger partial charge in [0.05, 0.1) is 6.54 Å². The molecule has 0 aromatic heterocycles. The topological polar surface area (TPSA) is 53.1 Å². The molecule has 0 N–H and O–H groups in total. The second-order valence-electron chi connectivity index (χ2n) is 7.30. The van der Waals surface area contributed by atoms with Gasteiger partial charge in [-0.2, -0.15) is 0 Å². The Morgan fingerprint density at radius 1 is 1.22 bits per heavy atom. The largest absolute Gasteiger partial charge is 0.441 e. The predicted molar refractivity (Wildman–Crippen MR) is 87.1 cm³/mol. The van der Waals surface area contributed by atoms with Gasteiger partial charge in [0.1, 0.15) is 5.60 Å². The van der Waals surface area contributed by atoms with E-state index in [4.69, 9.17) is 4.74 Å². The molecule has 3 aliphatic heterocycles. The van der Waals surface area contributed by atoms with Gasteiger partial charge in [-0.1, -0.05) is 6.92 Å². The fraction of sp³-hybridized carbons (Fsp3) is 0.882.